The van der Waals surface area contributed by atoms with E-state index in [9.17, 15) is 4.39 Å². The Bertz CT molecular complexity index is 1010. The topological polar surface area (TPSA) is 29.2 Å². The van der Waals surface area contributed by atoms with Gasteiger partial charge in [0.05, 0.1) is 12.2 Å². The van der Waals surface area contributed by atoms with E-state index in [2.05, 4.69) is 46.2 Å². The van der Waals surface area contributed by atoms with Crippen LogP contribution in [0.25, 0.3) is 11.4 Å². The molecule has 0 amide bonds. The molecule has 0 aliphatic carbocycles. The lowest BCUT2D eigenvalue weighted by Crippen LogP contribution is -2.47. The van der Waals surface area contributed by atoms with Gasteiger partial charge in [-0.3, -0.25) is 4.90 Å². The molecule has 146 valence electrons. The van der Waals surface area contributed by atoms with Crippen LogP contribution in [0, 0.1) is 10.6 Å². The molecule has 1 aliphatic heterocycles. The van der Waals surface area contributed by atoms with Crippen molar-refractivity contribution in [1.82, 2.24) is 24.1 Å². The van der Waals surface area contributed by atoms with Crippen molar-refractivity contribution >= 4 is 12.2 Å². The third kappa shape index (κ3) is 3.65. The number of hydrogen-bond donors (Lipinski definition) is 0. The Hall–Kier alpha value is -2.35. The molecule has 0 spiro atoms. The normalized spacial score (nSPS) is 18.5. The maximum absolute atomic E-state index is 14.3. The molecule has 4 rings (SSSR count). The van der Waals surface area contributed by atoms with Crippen LogP contribution in [0.4, 0.5) is 4.39 Å². The van der Waals surface area contributed by atoms with E-state index in [0.717, 1.165) is 19.6 Å². The van der Waals surface area contributed by atoms with Crippen molar-refractivity contribution in [3.05, 3.63) is 70.7 Å². The molecule has 1 aliphatic rings. The highest BCUT2D eigenvalue weighted by Crippen LogP contribution is 2.26. The Morgan fingerprint density at radius 3 is 2.50 bits per heavy atom. The average Bonchev–Trinajstić information content (AvgIpc) is 2.99. The van der Waals surface area contributed by atoms with Crippen molar-refractivity contribution < 1.29 is 4.39 Å². The minimum absolute atomic E-state index is 0.265. The standard InChI is InChI=1S/C21H24FN5S/c1-24-12-13-26(19(14-24)16-8-4-3-5-9-16)15-27-21(28)25(2)20(23-27)17-10-6-7-11-18(17)22/h3-11,19H,12-15H2,1-2H3/t19-/m0/s1. The zero-order valence-electron chi connectivity index (χ0n) is 16.1. The van der Waals surface area contributed by atoms with Crippen molar-refractivity contribution in [3.8, 4) is 11.4 Å². The van der Waals surface area contributed by atoms with Crippen LogP contribution in [-0.4, -0.2) is 50.8 Å². The van der Waals surface area contributed by atoms with Gasteiger partial charge in [-0.1, -0.05) is 42.5 Å². The van der Waals surface area contributed by atoms with Crippen LogP contribution < -0.4 is 0 Å². The predicted molar refractivity (Wildman–Crippen MR) is 111 cm³/mol. The Balaban J connectivity index is 1.66. The van der Waals surface area contributed by atoms with Gasteiger partial charge in [0.15, 0.2) is 10.6 Å². The second-order valence-electron chi connectivity index (χ2n) is 7.29. The van der Waals surface area contributed by atoms with Crippen LogP contribution in [0.5, 0.6) is 0 Å². The third-order valence-corrected chi connectivity index (χ3v) is 5.83. The Morgan fingerprint density at radius 2 is 1.75 bits per heavy atom. The molecule has 0 saturated carbocycles. The fourth-order valence-corrected chi connectivity index (χ4v) is 3.93. The highest BCUT2D eigenvalue weighted by atomic mass is 32.1. The molecule has 2 heterocycles. The summed E-state index contributed by atoms with van der Waals surface area (Å²) in [4.78, 5) is 4.74. The fraction of sp³-hybridized carbons (Fsp3) is 0.333. The van der Waals surface area contributed by atoms with Crippen LogP contribution >= 0.6 is 12.2 Å². The monoisotopic (exact) mass is 397 g/mol. The summed E-state index contributed by atoms with van der Waals surface area (Å²) < 4.78 is 18.4. The van der Waals surface area contributed by atoms with Gasteiger partial charge < -0.3 is 9.47 Å². The van der Waals surface area contributed by atoms with Gasteiger partial charge in [-0.25, -0.2) is 9.07 Å². The quantitative estimate of drug-likeness (QED) is 0.628. The van der Waals surface area contributed by atoms with E-state index in [1.165, 1.54) is 11.6 Å². The number of aromatic nitrogens is 3. The van der Waals surface area contributed by atoms with Crippen LogP contribution in [0.1, 0.15) is 11.6 Å². The van der Waals surface area contributed by atoms with Gasteiger partial charge in [0.25, 0.3) is 0 Å². The Morgan fingerprint density at radius 1 is 1.04 bits per heavy atom. The van der Waals surface area contributed by atoms with Crippen LogP contribution in [0.3, 0.4) is 0 Å². The van der Waals surface area contributed by atoms with E-state index >= 15 is 0 Å². The minimum atomic E-state index is -0.292. The summed E-state index contributed by atoms with van der Waals surface area (Å²) in [6.07, 6.45) is 0. The first-order chi connectivity index (χ1) is 13.5. The molecule has 28 heavy (non-hydrogen) atoms. The number of likely N-dealkylation sites (N-methyl/N-ethyl adjacent to an activating group) is 1. The van der Waals surface area contributed by atoms with Gasteiger partial charge in [0.1, 0.15) is 5.82 Å². The minimum Gasteiger partial charge on any atom is -0.303 e. The SMILES string of the molecule is CN1CCN(Cn2nc(-c3ccccc3F)n(C)c2=S)[C@H](c2ccccc2)C1. The summed E-state index contributed by atoms with van der Waals surface area (Å²) in [5, 5.41) is 4.66. The number of benzene rings is 2. The summed E-state index contributed by atoms with van der Waals surface area (Å²) in [6.45, 7) is 3.44. The maximum Gasteiger partial charge on any atom is 0.199 e. The molecular weight excluding hydrogens is 373 g/mol. The van der Waals surface area contributed by atoms with Gasteiger partial charge in [0, 0.05) is 32.7 Å². The highest BCUT2D eigenvalue weighted by molar-refractivity contribution is 7.71. The summed E-state index contributed by atoms with van der Waals surface area (Å²) in [7, 11) is 3.99. The van der Waals surface area contributed by atoms with Crippen LogP contribution in [-0.2, 0) is 13.7 Å². The molecule has 0 unspecified atom stereocenters. The smallest absolute Gasteiger partial charge is 0.199 e. The zero-order valence-corrected chi connectivity index (χ0v) is 16.9. The number of halogens is 1. The lowest BCUT2D eigenvalue weighted by molar-refractivity contribution is 0.0583. The molecule has 1 fully saturated rings. The molecule has 5 nitrogen and oxygen atoms in total. The number of piperazine rings is 1. The van der Waals surface area contributed by atoms with Gasteiger partial charge in [-0.2, -0.15) is 5.10 Å². The molecule has 2 aromatic carbocycles. The van der Waals surface area contributed by atoms with E-state index in [0.29, 0.717) is 22.8 Å². The number of rotatable bonds is 4. The molecule has 0 bridgehead atoms. The molecule has 0 radical (unpaired) electrons. The lowest BCUT2D eigenvalue weighted by atomic mass is 10.0. The Labute approximate surface area is 169 Å². The molecule has 0 N–H and O–H groups in total. The highest BCUT2D eigenvalue weighted by Gasteiger charge is 2.27. The molecule has 1 atom stereocenters. The van der Waals surface area contributed by atoms with E-state index < -0.39 is 0 Å². The number of nitrogens with zero attached hydrogens (tertiary/aromatic N) is 5. The third-order valence-electron chi connectivity index (χ3n) is 5.35. The first-order valence-electron chi connectivity index (χ1n) is 9.41. The average molecular weight is 398 g/mol. The fourth-order valence-electron chi connectivity index (χ4n) is 3.75. The lowest BCUT2D eigenvalue weighted by Gasteiger charge is -2.40. The second-order valence-corrected chi connectivity index (χ2v) is 7.65. The Kier molecular flexibility index (Phi) is 5.39. The van der Waals surface area contributed by atoms with Crippen LogP contribution in [0.2, 0.25) is 0 Å². The number of hydrogen-bond acceptors (Lipinski definition) is 4. The maximum atomic E-state index is 14.3. The van der Waals surface area contributed by atoms with Gasteiger partial charge in [-0.15, -0.1) is 0 Å². The second kappa shape index (κ2) is 7.95. The van der Waals surface area contributed by atoms with Gasteiger partial charge in [-0.05, 0) is 37.0 Å². The van der Waals surface area contributed by atoms with Gasteiger partial charge in [0.2, 0.25) is 0 Å². The summed E-state index contributed by atoms with van der Waals surface area (Å²) in [6, 6.07) is 17.5. The zero-order chi connectivity index (χ0) is 19.7. The molecule has 1 aromatic heterocycles. The summed E-state index contributed by atoms with van der Waals surface area (Å²) in [5.74, 6) is 0.257. The molecule has 3 aromatic rings. The van der Waals surface area contributed by atoms with Crippen molar-refractivity contribution in [2.24, 2.45) is 7.05 Å². The molecular formula is C21H24FN5S. The van der Waals surface area contributed by atoms with E-state index in [1.54, 1.807) is 21.4 Å². The van der Waals surface area contributed by atoms with E-state index in [-0.39, 0.29) is 11.9 Å². The molecule has 7 heteroatoms. The van der Waals surface area contributed by atoms with Crippen molar-refractivity contribution in [3.63, 3.8) is 0 Å². The molecule has 1 saturated heterocycles. The first-order valence-corrected chi connectivity index (χ1v) is 9.81. The van der Waals surface area contributed by atoms with Gasteiger partial charge >= 0.3 is 0 Å². The van der Waals surface area contributed by atoms with Crippen molar-refractivity contribution in [1.29, 1.82) is 0 Å². The van der Waals surface area contributed by atoms with Crippen LogP contribution in [0.15, 0.2) is 54.6 Å². The first kappa shape index (κ1) is 19.0. The largest absolute Gasteiger partial charge is 0.303 e. The van der Waals surface area contributed by atoms with E-state index in [4.69, 9.17) is 12.2 Å². The summed E-state index contributed by atoms with van der Waals surface area (Å²) in [5.41, 5.74) is 1.75. The predicted octanol–water partition coefficient (Wildman–Crippen LogP) is 3.70. The van der Waals surface area contributed by atoms with Crippen molar-refractivity contribution in [2.75, 3.05) is 26.7 Å². The summed E-state index contributed by atoms with van der Waals surface area (Å²) >= 11 is 5.61. The van der Waals surface area contributed by atoms with Crippen molar-refractivity contribution in [2.45, 2.75) is 12.7 Å². The van der Waals surface area contributed by atoms with E-state index in [1.807, 2.05) is 19.2 Å².